The number of ether oxygens (including phenoxy) is 2. The van der Waals surface area contributed by atoms with Crippen LogP contribution in [-0.4, -0.2) is 23.9 Å². The second-order valence-electron chi connectivity index (χ2n) is 6.19. The fraction of sp³-hybridized carbons (Fsp3) is 0.444. The molecule has 0 aliphatic rings. The van der Waals surface area contributed by atoms with Crippen molar-refractivity contribution < 1.29 is 14.6 Å². The maximum absolute atomic E-state index is 9.94. The molecule has 114 valence electrons. The first kappa shape index (κ1) is 15.8. The van der Waals surface area contributed by atoms with E-state index in [0.29, 0.717) is 13.2 Å². The molecule has 2 aromatic rings. The van der Waals surface area contributed by atoms with Crippen LogP contribution in [0.2, 0.25) is 0 Å². The fourth-order valence-electron chi connectivity index (χ4n) is 2.24. The minimum Gasteiger partial charge on any atom is -0.490 e. The van der Waals surface area contributed by atoms with Crippen molar-refractivity contribution in [3.63, 3.8) is 0 Å². The van der Waals surface area contributed by atoms with Gasteiger partial charge in [0.25, 0.3) is 0 Å². The zero-order valence-corrected chi connectivity index (χ0v) is 13.2. The van der Waals surface area contributed by atoms with Crippen molar-refractivity contribution in [2.45, 2.75) is 39.4 Å². The van der Waals surface area contributed by atoms with Crippen LogP contribution in [-0.2, 0) is 4.74 Å². The van der Waals surface area contributed by atoms with Gasteiger partial charge in [-0.1, -0.05) is 36.4 Å². The second kappa shape index (κ2) is 6.46. The van der Waals surface area contributed by atoms with Gasteiger partial charge >= 0.3 is 0 Å². The van der Waals surface area contributed by atoms with Crippen molar-refractivity contribution in [2.75, 3.05) is 13.2 Å². The predicted octanol–water partition coefficient (Wildman–Crippen LogP) is 4.09. The van der Waals surface area contributed by atoms with E-state index in [2.05, 4.69) is 0 Å². The largest absolute Gasteiger partial charge is 0.490 e. The van der Waals surface area contributed by atoms with Crippen LogP contribution in [0.15, 0.2) is 36.4 Å². The molecule has 0 radical (unpaired) electrons. The Morgan fingerprint density at radius 3 is 2.43 bits per heavy atom. The second-order valence-corrected chi connectivity index (χ2v) is 6.19. The van der Waals surface area contributed by atoms with Gasteiger partial charge in [0, 0.05) is 10.9 Å². The third-order valence-corrected chi connectivity index (χ3v) is 3.22. The standard InChI is InChI=1S/C18H24O3/c1-13(19)15-10-9-14-7-5-6-8-16(14)17(15)20-11-12-21-18(2,3)4/h5-10,13,19H,11-12H2,1-4H3. The summed E-state index contributed by atoms with van der Waals surface area (Å²) in [7, 11) is 0. The Kier molecular flexibility index (Phi) is 4.86. The summed E-state index contributed by atoms with van der Waals surface area (Å²) in [4.78, 5) is 0. The Hall–Kier alpha value is -1.58. The van der Waals surface area contributed by atoms with Gasteiger partial charge in [0.15, 0.2) is 0 Å². The predicted molar refractivity (Wildman–Crippen MR) is 85.8 cm³/mol. The number of hydrogen-bond acceptors (Lipinski definition) is 3. The van der Waals surface area contributed by atoms with Crippen LogP contribution in [0.1, 0.15) is 39.4 Å². The Morgan fingerprint density at radius 2 is 1.76 bits per heavy atom. The monoisotopic (exact) mass is 288 g/mol. The highest BCUT2D eigenvalue weighted by molar-refractivity contribution is 5.89. The molecule has 0 amide bonds. The zero-order chi connectivity index (χ0) is 15.5. The molecule has 2 rings (SSSR count). The van der Waals surface area contributed by atoms with E-state index in [-0.39, 0.29) is 5.60 Å². The van der Waals surface area contributed by atoms with Crippen LogP contribution in [0.5, 0.6) is 5.75 Å². The van der Waals surface area contributed by atoms with Gasteiger partial charge in [-0.3, -0.25) is 0 Å². The number of benzene rings is 2. The zero-order valence-electron chi connectivity index (χ0n) is 13.2. The first-order valence-electron chi connectivity index (χ1n) is 7.35. The first-order valence-corrected chi connectivity index (χ1v) is 7.35. The highest BCUT2D eigenvalue weighted by Crippen LogP contribution is 2.33. The molecule has 1 atom stereocenters. The highest BCUT2D eigenvalue weighted by atomic mass is 16.5. The number of rotatable bonds is 5. The van der Waals surface area contributed by atoms with Crippen molar-refractivity contribution in [3.8, 4) is 5.75 Å². The van der Waals surface area contributed by atoms with Crippen molar-refractivity contribution in [3.05, 3.63) is 42.0 Å². The minimum absolute atomic E-state index is 0.171. The van der Waals surface area contributed by atoms with Crippen LogP contribution in [0, 0.1) is 0 Å². The Labute approximate surface area is 126 Å². The average Bonchev–Trinajstić information content (AvgIpc) is 2.42. The summed E-state index contributed by atoms with van der Waals surface area (Å²) in [6, 6.07) is 12.0. The molecule has 3 nitrogen and oxygen atoms in total. The summed E-state index contributed by atoms with van der Waals surface area (Å²) < 4.78 is 11.6. The van der Waals surface area contributed by atoms with E-state index in [1.54, 1.807) is 6.92 Å². The molecule has 0 spiro atoms. The lowest BCUT2D eigenvalue weighted by Crippen LogP contribution is -2.22. The molecule has 0 aliphatic carbocycles. The Balaban J connectivity index is 2.21. The molecule has 1 unspecified atom stereocenters. The topological polar surface area (TPSA) is 38.7 Å². The van der Waals surface area contributed by atoms with Crippen LogP contribution < -0.4 is 4.74 Å². The maximum atomic E-state index is 9.94. The van der Waals surface area contributed by atoms with Crippen molar-refractivity contribution >= 4 is 10.8 Å². The van der Waals surface area contributed by atoms with E-state index >= 15 is 0 Å². The van der Waals surface area contributed by atoms with Gasteiger partial charge in [-0.25, -0.2) is 0 Å². The molecule has 21 heavy (non-hydrogen) atoms. The lowest BCUT2D eigenvalue weighted by Gasteiger charge is -2.21. The smallest absolute Gasteiger partial charge is 0.133 e. The molecule has 0 saturated heterocycles. The highest BCUT2D eigenvalue weighted by Gasteiger charge is 2.14. The summed E-state index contributed by atoms with van der Waals surface area (Å²) in [5.41, 5.74) is 0.638. The number of hydrogen-bond donors (Lipinski definition) is 1. The maximum Gasteiger partial charge on any atom is 0.133 e. The van der Waals surface area contributed by atoms with E-state index in [0.717, 1.165) is 22.1 Å². The first-order chi connectivity index (χ1) is 9.88. The average molecular weight is 288 g/mol. The summed E-state index contributed by atoms with van der Waals surface area (Å²) in [6.45, 7) is 8.80. The minimum atomic E-state index is -0.562. The molecule has 0 bridgehead atoms. The Morgan fingerprint density at radius 1 is 1.05 bits per heavy atom. The quantitative estimate of drug-likeness (QED) is 0.842. The normalized spacial score (nSPS) is 13.4. The Bertz CT molecular complexity index is 597. The van der Waals surface area contributed by atoms with Crippen LogP contribution in [0.4, 0.5) is 0 Å². The van der Waals surface area contributed by atoms with Gasteiger partial charge in [-0.15, -0.1) is 0 Å². The summed E-state index contributed by atoms with van der Waals surface area (Å²) >= 11 is 0. The van der Waals surface area contributed by atoms with E-state index < -0.39 is 6.10 Å². The molecule has 0 saturated carbocycles. The third kappa shape index (κ3) is 4.19. The molecular weight excluding hydrogens is 264 g/mol. The van der Waals surface area contributed by atoms with E-state index in [4.69, 9.17) is 9.47 Å². The number of aliphatic hydroxyl groups excluding tert-OH is 1. The molecule has 0 aliphatic heterocycles. The number of fused-ring (bicyclic) bond motifs is 1. The van der Waals surface area contributed by atoms with Gasteiger partial charge in [0.2, 0.25) is 0 Å². The molecule has 2 aromatic carbocycles. The lowest BCUT2D eigenvalue weighted by atomic mass is 10.0. The molecular formula is C18H24O3. The molecule has 1 N–H and O–H groups in total. The van der Waals surface area contributed by atoms with Gasteiger partial charge in [-0.2, -0.15) is 0 Å². The fourth-order valence-corrected chi connectivity index (χ4v) is 2.24. The van der Waals surface area contributed by atoms with E-state index in [1.165, 1.54) is 0 Å². The van der Waals surface area contributed by atoms with Crippen LogP contribution >= 0.6 is 0 Å². The van der Waals surface area contributed by atoms with Gasteiger partial charge in [-0.05, 0) is 33.1 Å². The van der Waals surface area contributed by atoms with E-state index in [1.807, 2.05) is 57.2 Å². The third-order valence-electron chi connectivity index (χ3n) is 3.22. The summed E-state index contributed by atoms with van der Waals surface area (Å²) in [5.74, 6) is 0.751. The van der Waals surface area contributed by atoms with Gasteiger partial charge in [0.05, 0.1) is 18.3 Å². The molecule has 0 fully saturated rings. The molecule has 0 heterocycles. The SMILES string of the molecule is CC(O)c1ccc2ccccc2c1OCCOC(C)(C)C. The lowest BCUT2D eigenvalue weighted by molar-refractivity contribution is -0.0164. The molecule has 3 heteroatoms. The van der Waals surface area contributed by atoms with Crippen molar-refractivity contribution in [2.24, 2.45) is 0 Å². The van der Waals surface area contributed by atoms with Crippen molar-refractivity contribution in [1.29, 1.82) is 0 Å². The number of aliphatic hydroxyl groups is 1. The van der Waals surface area contributed by atoms with Gasteiger partial charge in [0.1, 0.15) is 12.4 Å². The van der Waals surface area contributed by atoms with Crippen LogP contribution in [0.25, 0.3) is 10.8 Å². The van der Waals surface area contributed by atoms with E-state index in [9.17, 15) is 5.11 Å². The van der Waals surface area contributed by atoms with Crippen LogP contribution in [0.3, 0.4) is 0 Å². The van der Waals surface area contributed by atoms with Gasteiger partial charge < -0.3 is 14.6 Å². The molecule has 0 aromatic heterocycles. The van der Waals surface area contributed by atoms with Crippen molar-refractivity contribution in [1.82, 2.24) is 0 Å². The summed E-state index contributed by atoms with van der Waals surface area (Å²) in [5, 5.41) is 12.1. The summed E-state index contributed by atoms with van der Waals surface area (Å²) in [6.07, 6.45) is -0.562.